The number of nitrogens with zero attached hydrogens (tertiary/aromatic N) is 3. The Balaban J connectivity index is 1.61. The average Bonchev–Trinajstić information content (AvgIpc) is 2.98. The lowest BCUT2D eigenvalue weighted by molar-refractivity contribution is 0.597. The van der Waals surface area contributed by atoms with Crippen molar-refractivity contribution in [2.24, 2.45) is 7.05 Å². The number of rotatable bonds is 5. The van der Waals surface area contributed by atoms with Crippen LogP contribution in [0.25, 0.3) is 11.0 Å². The molecule has 2 heterocycles. The molecule has 0 fully saturated rings. The van der Waals surface area contributed by atoms with E-state index in [2.05, 4.69) is 63.0 Å². The molecular weight excluding hydrogens is 248 g/mol. The van der Waals surface area contributed by atoms with Gasteiger partial charge in [0.25, 0.3) is 0 Å². The van der Waals surface area contributed by atoms with Crippen LogP contribution >= 0.6 is 0 Å². The lowest BCUT2D eigenvalue weighted by Gasteiger charge is -2.08. The first kappa shape index (κ1) is 12.9. The molecule has 4 heteroatoms. The van der Waals surface area contributed by atoms with Gasteiger partial charge in [-0.1, -0.05) is 12.1 Å². The van der Waals surface area contributed by atoms with Crippen molar-refractivity contribution in [1.29, 1.82) is 0 Å². The van der Waals surface area contributed by atoms with Crippen LogP contribution in [0.2, 0.25) is 0 Å². The summed E-state index contributed by atoms with van der Waals surface area (Å²) in [5, 5.41) is 3.48. The molecule has 0 spiro atoms. The van der Waals surface area contributed by atoms with Gasteiger partial charge in [-0.25, -0.2) is 4.98 Å². The van der Waals surface area contributed by atoms with Crippen molar-refractivity contribution >= 4 is 11.0 Å². The van der Waals surface area contributed by atoms with Gasteiger partial charge in [-0.05, 0) is 30.7 Å². The monoisotopic (exact) mass is 268 g/mol. The highest BCUT2D eigenvalue weighted by atomic mass is 15.1. The molecule has 0 atom stereocenters. The second-order valence-corrected chi connectivity index (χ2v) is 5.16. The van der Waals surface area contributed by atoms with Crippen molar-refractivity contribution in [1.82, 2.24) is 19.4 Å². The molecule has 0 bridgehead atoms. The molecule has 0 aliphatic carbocycles. The van der Waals surface area contributed by atoms with Crippen LogP contribution in [0.5, 0.6) is 0 Å². The Morgan fingerprint density at radius 3 is 2.85 bits per heavy atom. The molecule has 3 aromatic rings. The molecule has 0 aliphatic rings. The summed E-state index contributed by atoms with van der Waals surface area (Å²) in [5.41, 5.74) is 3.61. The zero-order chi connectivity index (χ0) is 13.9. The summed E-state index contributed by atoms with van der Waals surface area (Å²) in [6.45, 7) is 4.86. The van der Waals surface area contributed by atoms with E-state index in [4.69, 9.17) is 0 Å². The van der Waals surface area contributed by atoms with Gasteiger partial charge in [-0.15, -0.1) is 0 Å². The predicted molar refractivity (Wildman–Crippen MR) is 81.6 cm³/mol. The molecule has 104 valence electrons. The number of hydrogen-bond donors (Lipinski definition) is 1. The molecule has 1 N–H and O–H groups in total. The van der Waals surface area contributed by atoms with Crippen molar-refractivity contribution in [2.75, 3.05) is 6.54 Å². The fourth-order valence-electron chi connectivity index (χ4n) is 2.57. The fourth-order valence-corrected chi connectivity index (χ4v) is 2.57. The molecule has 0 saturated heterocycles. The largest absolute Gasteiger partial charge is 0.357 e. The minimum absolute atomic E-state index is 0.909. The number of para-hydroxylation sites is 2. The third-order valence-corrected chi connectivity index (χ3v) is 3.58. The molecule has 3 rings (SSSR count). The van der Waals surface area contributed by atoms with Gasteiger partial charge < -0.3 is 14.5 Å². The molecule has 0 unspecified atom stereocenters. The van der Waals surface area contributed by atoms with E-state index in [9.17, 15) is 0 Å². The summed E-state index contributed by atoms with van der Waals surface area (Å²) < 4.78 is 4.35. The maximum atomic E-state index is 4.59. The maximum Gasteiger partial charge on any atom is 0.106 e. The summed E-state index contributed by atoms with van der Waals surface area (Å²) in [6, 6.07) is 10.4. The first-order chi connectivity index (χ1) is 9.74. The van der Waals surface area contributed by atoms with Crippen LogP contribution in [0.3, 0.4) is 0 Å². The number of imidazole rings is 1. The van der Waals surface area contributed by atoms with Crippen LogP contribution in [-0.4, -0.2) is 20.7 Å². The smallest absolute Gasteiger partial charge is 0.106 e. The van der Waals surface area contributed by atoms with Gasteiger partial charge in [0.05, 0.1) is 11.0 Å². The Morgan fingerprint density at radius 1 is 1.20 bits per heavy atom. The minimum Gasteiger partial charge on any atom is -0.357 e. The number of aromatic nitrogens is 3. The third kappa shape index (κ3) is 2.60. The van der Waals surface area contributed by atoms with E-state index in [1.54, 1.807) is 0 Å². The Labute approximate surface area is 119 Å². The van der Waals surface area contributed by atoms with Crippen LogP contribution in [-0.2, 0) is 20.1 Å². The minimum atomic E-state index is 0.909. The lowest BCUT2D eigenvalue weighted by atomic mass is 10.3. The van der Waals surface area contributed by atoms with Gasteiger partial charge in [-0.2, -0.15) is 0 Å². The predicted octanol–water partition coefficient (Wildman–Crippen LogP) is 2.47. The quantitative estimate of drug-likeness (QED) is 0.721. The first-order valence-electron chi connectivity index (χ1n) is 6.97. The third-order valence-electron chi connectivity index (χ3n) is 3.58. The zero-order valence-corrected chi connectivity index (χ0v) is 12.0. The van der Waals surface area contributed by atoms with Gasteiger partial charge in [-0.3, -0.25) is 0 Å². The summed E-state index contributed by atoms with van der Waals surface area (Å²) in [6.07, 6.45) is 4.22. The second-order valence-electron chi connectivity index (χ2n) is 5.16. The Hall–Kier alpha value is -2.07. The average molecular weight is 268 g/mol. The number of fused-ring (bicyclic) bond motifs is 1. The van der Waals surface area contributed by atoms with Crippen molar-refractivity contribution in [3.8, 4) is 0 Å². The van der Waals surface area contributed by atoms with Gasteiger partial charge in [0.1, 0.15) is 5.82 Å². The molecule has 0 aliphatic heterocycles. The van der Waals surface area contributed by atoms with Crippen LogP contribution in [0.15, 0.2) is 42.7 Å². The molecule has 1 aromatic carbocycles. The van der Waals surface area contributed by atoms with E-state index in [0.29, 0.717) is 0 Å². The fraction of sp³-hybridized carbons (Fsp3) is 0.312. The highest BCUT2D eigenvalue weighted by molar-refractivity contribution is 5.75. The molecule has 0 amide bonds. The normalized spacial score (nSPS) is 11.3. The highest BCUT2D eigenvalue weighted by Gasteiger charge is 2.05. The highest BCUT2D eigenvalue weighted by Crippen LogP contribution is 2.14. The SMILES string of the molecule is Cc1nc2ccccc2n1CCNCc1ccn(C)c1. The van der Waals surface area contributed by atoms with Crippen molar-refractivity contribution in [2.45, 2.75) is 20.0 Å². The van der Waals surface area contributed by atoms with Crippen molar-refractivity contribution in [3.63, 3.8) is 0 Å². The summed E-state index contributed by atoms with van der Waals surface area (Å²) >= 11 is 0. The Bertz CT molecular complexity index is 708. The Kier molecular flexibility index (Phi) is 3.56. The van der Waals surface area contributed by atoms with Crippen molar-refractivity contribution < 1.29 is 0 Å². The molecule has 20 heavy (non-hydrogen) atoms. The number of hydrogen-bond acceptors (Lipinski definition) is 2. The van der Waals surface area contributed by atoms with E-state index < -0.39 is 0 Å². The van der Waals surface area contributed by atoms with Gasteiger partial charge in [0, 0.05) is 39.1 Å². The lowest BCUT2D eigenvalue weighted by Crippen LogP contribution is -2.19. The van der Waals surface area contributed by atoms with E-state index in [0.717, 1.165) is 31.0 Å². The second kappa shape index (κ2) is 5.51. The van der Waals surface area contributed by atoms with Crippen LogP contribution in [0.4, 0.5) is 0 Å². The van der Waals surface area contributed by atoms with Crippen LogP contribution < -0.4 is 5.32 Å². The summed E-state index contributed by atoms with van der Waals surface area (Å²) in [7, 11) is 2.05. The molecule has 0 saturated carbocycles. The number of aryl methyl sites for hydroxylation is 2. The first-order valence-corrected chi connectivity index (χ1v) is 6.97. The van der Waals surface area contributed by atoms with Crippen LogP contribution in [0.1, 0.15) is 11.4 Å². The standard InChI is InChI=1S/C16H20N4/c1-13-18-15-5-3-4-6-16(15)20(13)10-8-17-11-14-7-9-19(2)12-14/h3-7,9,12,17H,8,10-11H2,1-2H3. The molecule has 2 aromatic heterocycles. The van der Waals surface area contributed by atoms with Gasteiger partial charge in [0.15, 0.2) is 0 Å². The van der Waals surface area contributed by atoms with Crippen LogP contribution in [0, 0.1) is 6.92 Å². The van der Waals surface area contributed by atoms with E-state index in [1.807, 2.05) is 13.1 Å². The van der Waals surface area contributed by atoms with Gasteiger partial charge in [0.2, 0.25) is 0 Å². The summed E-state index contributed by atoms with van der Waals surface area (Å²) in [4.78, 5) is 4.59. The Morgan fingerprint density at radius 2 is 2.05 bits per heavy atom. The van der Waals surface area contributed by atoms with Crippen molar-refractivity contribution in [3.05, 3.63) is 54.1 Å². The molecule has 4 nitrogen and oxygen atoms in total. The van der Waals surface area contributed by atoms with E-state index in [1.165, 1.54) is 11.1 Å². The zero-order valence-electron chi connectivity index (χ0n) is 12.0. The number of nitrogens with one attached hydrogen (secondary N) is 1. The van der Waals surface area contributed by atoms with Gasteiger partial charge >= 0.3 is 0 Å². The number of benzene rings is 1. The molecule has 0 radical (unpaired) electrons. The van der Waals surface area contributed by atoms with E-state index >= 15 is 0 Å². The topological polar surface area (TPSA) is 34.8 Å². The summed E-state index contributed by atoms with van der Waals surface area (Å²) in [5.74, 6) is 1.08. The maximum absolute atomic E-state index is 4.59. The van der Waals surface area contributed by atoms with E-state index in [-0.39, 0.29) is 0 Å². The molecular formula is C16H20N4.